The van der Waals surface area contributed by atoms with Crippen LogP contribution in [0.25, 0.3) is 0 Å². The van der Waals surface area contributed by atoms with E-state index in [2.05, 4.69) is 44.1 Å². The zero-order valence-electron chi connectivity index (χ0n) is 12.2. The molecule has 1 aromatic carbocycles. The Morgan fingerprint density at radius 1 is 1.43 bits per heavy atom. The first-order chi connectivity index (χ1) is 9.85. The first-order valence-electron chi connectivity index (χ1n) is 6.99. The van der Waals surface area contributed by atoms with Gasteiger partial charge in [0.15, 0.2) is 0 Å². The van der Waals surface area contributed by atoms with Crippen molar-refractivity contribution in [1.82, 2.24) is 0 Å². The highest BCUT2D eigenvalue weighted by molar-refractivity contribution is 9.11. The van der Waals surface area contributed by atoms with Crippen molar-refractivity contribution in [2.24, 2.45) is 11.7 Å². The summed E-state index contributed by atoms with van der Waals surface area (Å²) in [6, 6.07) is 3.63. The normalized spacial score (nSPS) is 25.5. The van der Waals surface area contributed by atoms with E-state index in [-0.39, 0.29) is 5.91 Å². The van der Waals surface area contributed by atoms with Crippen LogP contribution >= 0.6 is 31.9 Å². The van der Waals surface area contributed by atoms with Gasteiger partial charge in [-0.1, -0.05) is 19.8 Å². The molecule has 0 saturated heterocycles. The number of hydrogen-bond acceptors (Lipinski definition) is 3. The van der Waals surface area contributed by atoms with Crippen LogP contribution in [-0.4, -0.2) is 18.6 Å². The first-order valence-corrected chi connectivity index (χ1v) is 8.57. The van der Waals surface area contributed by atoms with Gasteiger partial charge in [0.1, 0.15) is 5.75 Å². The molecule has 0 bridgehead atoms. The number of methoxy groups -OCH3 is 1. The third kappa shape index (κ3) is 3.79. The van der Waals surface area contributed by atoms with Crippen molar-refractivity contribution in [2.45, 2.75) is 38.1 Å². The Labute approximate surface area is 142 Å². The maximum absolute atomic E-state index is 12.6. The number of carbonyl (C=O) groups is 1. The molecule has 0 spiro atoms. The predicted octanol–water partition coefficient (Wildman–Crippen LogP) is 4.07. The largest absolute Gasteiger partial charge is 0.495 e. The Morgan fingerprint density at radius 2 is 2.14 bits per heavy atom. The Hall–Kier alpha value is -0.590. The monoisotopic (exact) mass is 418 g/mol. The summed E-state index contributed by atoms with van der Waals surface area (Å²) in [6.45, 7) is 2.15. The van der Waals surface area contributed by atoms with Gasteiger partial charge < -0.3 is 15.8 Å². The SMILES string of the molecule is COc1cc(NC(=O)C2(N)CCCC(C)C2)c(Br)cc1Br. The zero-order chi connectivity index (χ0) is 15.6. The molecule has 2 atom stereocenters. The van der Waals surface area contributed by atoms with Crippen LogP contribution < -0.4 is 15.8 Å². The van der Waals surface area contributed by atoms with Crippen LogP contribution in [0.3, 0.4) is 0 Å². The molecule has 21 heavy (non-hydrogen) atoms. The standard InChI is InChI=1S/C15H20Br2N2O2/c1-9-4-3-5-15(18,8-9)14(20)19-12-7-13(21-2)11(17)6-10(12)16/h6-7,9H,3-5,8,18H2,1-2H3,(H,19,20). The van der Waals surface area contributed by atoms with E-state index < -0.39 is 5.54 Å². The van der Waals surface area contributed by atoms with Gasteiger partial charge in [0.2, 0.25) is 5.91 Å². The molecular weight excluding hydrogens is 400 g/mol. The second-order valence-electron chi connectivity index (χ2n) is 5.78. The van der Waals surface area contributed by atoms with E-state index in [9.17, 15) is 4.79 Å². The van der Waals surface area contributed by atoms with Crippen LogP contribution in [-0.2, 0) is 4.79 Å². The minimum absolute atomic E-state index is 0.126. The van der Waals surface area contributed by atoms with Crippen LogP contribution in [0.4, 0.5) is 5.69 Å². The van der Waals surface area contributed by atoms with Gasteiger partial charge in [-0.3, -0.25) is 4.79 Å². The van der Waals surface area contributed by atoms with Crippen molar-refractivity contribution in [3.8, 4) is 5.75 Å². The van der Waals surface area contributed by atoms with E-state index in [4.69, 9.17) is 10.5 Å². The van der Waals surface area contributed by atoms with Crippen molar-refractivity contribution in [2.75, 3.05) is 12.4 Å². The maximum Gasteiger partial charge on any atom is 0.244 e. The number of benzene rings is 1. The molecule has 2 rings (SSSR count). The summed E-state index contributed by atoms with van der Waals surface area (Å²) < 4.78 is 6.87. The zero-order valence-corrected chi connectivity index (χ0v) is 15.4. The van der Waals surface area contributed by atoms with Gasteiger partial charge in [0.05, 0.1) is 22.8 Å². The summed E-state index contributed by atoms with van der Waals surface area (Å²) in [5, 5.41) is 2.93. The van der Waals surface area contributed by atoms with Crippen LogP contribution in [0, 0.1) is 5.92 Å². The number of halogens is 2. The summed E-state index contributed by atoms with van der Waals surface area (Å²) in [5.74, 6) is 1.02. The molecule has 0 radical (unpaired) electrons. The highest BCUT2D eigenvalue weighted by Gasteiger charge is 2.38. The second-order valence-corrected chi connectivity index (χ2v) is 7.49. The van der Waals surface area contributed by atoms with E-state index in [0.29, 0.717) is 17.4 Å². The number of ether oxygens (including phenoxy) is 1. The quantitative estimate of drug-likeness (QED) is 0.776. The predicted molar refractivity (Wildman–Crippen MR) is 91.6 cm³/mol. The topological polar surface area (TPSA) is 64.3 Å². The van der Waals surface area contributed by atoms with E-state index in [0.717, 1.165) is 34.6 Å². The van der Waals surface area contributed by atoms with E-state index in [1.807, 2.05) is 6.07 Å². The van der Waals surface area contributed by atoms with Crippen LogP contribution in [0.15, 0.2) is 21.1 Å². The van der Waals surface area contributed by atoms with Crippen molar-refractivity contribution in [3.63, 3.8) is 0 Å². The molecule has 4 nitrogen and oxygen atoms in total. The van der Waals surface area contributed by atoms with Gasteiger partial charge in [0.25, 0.3) is 0 Å². The molecule has 0 aromatic heterocycles. The summed E-state index contributed by atoms with van der Waals surface area (Å²) in [7, 11) is 1.59. The molecule has 6 heteroatoms. The lowest BCUT2D eigenvalue weighted by molar-refractivity contribution is -0.122. The molecule has 1 aliphatic carbocycles. The average molecular weight is 420 g/mol. The number of rotatable bonds is 3. The Morgan fingerprint density at radius 3 is 2.76 bits per heavy atom. The average Bonchev–Trinajstić information content (AvgIpc) is 2.41. The van der Waals surface area contributed by atoms with Gasteiger partial charge in [0, 0.05) is 10.5 Å². The molecule has 3 N–H and O–H groups in total. The third-order valence-electron chi connectivity index (χ3n) is 3.97. The van der Waals surface area contributed by atoms with Gasteiger partial charge in [-0.15, -0.1) is 0 Å². The molecular formula is C15H20Br2N2O2. The molecule has 1 amide bonds. The maximum atomic E-state index is 12.6. The van der Waals surface area contributed by atoms with Gasteiger partial charge in [-0.05, 0) is 56.7 Å². The smallest absolute Gasteiger partial charge is 0.244 e. The molecule has 2 unspecified atom stereocenters. The Kier molecular flexibility index (Phi) is 5.33. The fraction of sp³-hybridized carbons (Fsp3) is 0.533. The van der Waals surface area contributed by atoms with Crippen LogP contribution in [0.1, 0.15) is 32.6 Å². The minimum Gasteiger partial charge on any atom is -0.495 e. The van der Waals surface area contributed by atoms with Crippen LogP contribution in [0.2, 0.25) is 0 Å². The van der Waals surface area contributed by atoms with E-state index >= 15 is 0 Å². The van der Waals surface area contributed by atoms with Gasteiger partial charge in [-0.2, -0.15) is 0 Å². The number of hydrogen-bond donors (Lipinski definition) is 2. The first kappa shape index (κ1) is 16.8. The van der Waals surface area contributed by atoms with Crippen molar-refractivity contribution >= 4 is 43.5 Å². The lowest BCUT2D eigenvalue weighted by Gasteiger charge is -2.35. The lowest BCUT2D eigenvalue weighted by atomic mass is 9.76. The van der Waals surface area contributed by atoms with E-state index in [1.54, 1.807) is 13.2 Å². The molecule has 0 aliphatic heterocycles. The Balaban J connectivity index is 2.19. The second kappa shape index (κ2) is 6.67. The summed E-state index contributed by atoms with van der Waals surface area (Å²) >= 11 is 6.86. The van der Waals surface area contributed by atoms with E-state index in [1.165, 1.54) is 0 Å². The summed E-state index contributed by atoms with van der Waals surface area (Å²) in [5.41, 5.74) is 6.21. The highest BCUT2D eigenvalue weighted by atomic mass is 79.9. The fourth-order valence-corrected chi connectivity index (χ4v) is 4.08. The van der Waals surface area contributed by atoms with Gasteiger partial charge >= 0.3 is 0 Å². The summed E-state index contributed by atoms with van der Waals surface area (Å²) in [4.78, 5) is 12.6. The summed E-state index contributed by atoms with van der Waals surface area (Å²) in [6.07, 6.45) is 3.59. The Bertz CT molecular complexity index is 551. The van der Waals surface area contributed by atoms with Gasteiger partial charge in [-0.25, -0.2) is 0 Å². The molecule has 1 fully saturated rings. The minimum atomic E-state index is -0.780. The molecule has 0 heterocycles. The number of anilines is 1. The van der Waals surface area contributed by atoms with Crippen molar-refractivity contribution < 1.29 is 9.53 Å². The molecule has 1 aliphatic rings. The van der Waals surface area contributed by atoms with Crippen molar-refractivity contribution in [3.05, 3.63) is 21.1 Å². The number of carbonyl (C=O) groups excluding carboxylic acids is 1. The van der Waals surface area contributed by atoms with Crippen molar-refractivity contribution in [1.29, 1.82) is 0 Å². The molecule has 1 aromatic rings. The fourth-order valence-electron chi connectivity index (χ4n) is 2.83. The number of nitrogens with two attached hydrogens (primary N) is 1. The van der Waals surface area contributed by atoms with Crippen LogP contribution in [0.5, 0.6) is 5.75 Å². The third-order valence-corrected chi connectivity index (χ3v) is 5.25. The molecule has 116 valence electrons. The number of amides is 1. The molecule has 1 saturated carbocycles. The highest BCUT2D eigenvalue weighted by Crippen LogP contribution is 2.36. The number of nitrogens with one attached hydrogen (secondary N) is 1. The lowest BCUT2D eigenvalue weighted by Crippen LogP contribution is -2.53.